The third-order valence-corrected chi connectivity index (χ3v) is 5.08. The fraction of sp³-hybridized carbons (Fsp3) is 0.412. The average molecular weight is 316 g/mol. The molecule has 0 spiro atoms. The van der Waals surface area contributed by atoms with E-state index in [9.17, 15) is 4.79 Å². The molecule has 0 saturated carbocycles. The number of nitrogens with zero attached hydrogens (tertiary/aromatic N) is 1. The summed E-state index contributed by atoms with van der Waals surface area (Å²) in [5, 5.41) is 3.54. The Morgan fingerprint density at radius 2 is 2.14 bits per heavy atom. The first kappa shape index (κ1) is 15.0. The molecule has 2 aromatic rings. The van der Waals surface area contributed by atoms with Gasteiger partial charge in [-0.1, -0.05) is 12.1 Å². The summed E-state index contributed by atoms with van der Waals surface area (Å²) in [7, 11) is 0. The van der Waals surface area contributed by atoms with Crippen molar-refractivity contribution < 1.29 is 9.53 Å². The molecule has 1 N–H and O–H groups in total. The predicted molar refractivity (Wildman–Crippen MR) is 88.8 cm³/mol. The molecule has 22 heavy (non-hydrogen) atoms. The zero-order chi connectivity index (χ0) is 15.5. The molecule has 5 heteroatoms. The Morgan fingerprint density at radius 1 is 1.32 bits per heavy atom. The Kier molecular flexibility index (Phi) is 4.43. The molecule has 1 aliphatic carbocycles. The van der Waals surface area contributed by atoms with Crippen LogP contribution in [-0.4, -0.2) is 17.5 Å². The summed E-state index contributed by atoms with van der Waals surface area (Å²) in [5.41, 5.74) is 3.38. The van der Waals surface area contributed by atoms with Crippen molar-refractivity contribution in [2.45, 2.75) is 39.5 Å². The molecule has 0 bridgehead atoms. The van der Waals surface area contributed by atoms with E-state index in [0.717, 1.165) is 35.4 Å². The molecule has 1 heterocycles. The summed E-state index contributed by atoms with van der Waals surface area (Å²) in [6.45, 7) is 4.04. The van der Waals surface area contributed by atoms with Crippen molar-refractivity contribution >= 4 is 22.4 Å². The molecule has 1 aliphatic rings. The number of amides is 1. The van der Waals surface area contributed by atoms with Crippen LogP contribution in [0, 0.1) is 13.8 Å². The lowest BCUT2D eigenvalue weighted by molar-refractivity contribution is -0.118. The maximum atomic E-state index is 12.0. The highest BCUT2D eigenvalue weighted by molar-refractivity contribution is 7.15. The number of hydrogen-bond donors (Lipinski definition) is 1. The quantitative estimate of drug-likeness (QED) is 0.936. The number of benzene rings is 1. The van der Waals surface area contributed by atoms with E-state index in [1.807, 2.05) is 32.0 Å². The number of ether oxygens (including phenoxy) is 1. The maximum Gasteiger partial charge on any atom is 0.264 e. The Hall–Kier alpha value is -1.88. The highest BCUT2D eigenvalue weighted by atomic mass is 32.1. The number of nitrogens with one attached hydrogen (secondary N) is 1. The van der Waals surface area contributed by atoms with Crippen molar-refractivity contribution in [1.29, 1.82) is 0 Å². The van der Waals surface area contributed by atoms with Crippen molar-refractivity contribution in [2.24, 2.45) is 0 Å². The van der Waals surface area contributed by atoms with E-state index in [-0.39, 0.29) is 12.5 Å². The predicted octanol–water partition coefficient (Wildman–Crippen LogP) is 3.66. The minimum absolute atomic E-state index is 0.00847. The standard InChI is InChI=1S/C17H20N2O2S/c1-11-6-5-8-14(12(11)2)21-10-16(20)19-17-18-13-7-3-4-9-15(13)22-17/h5-6,8H,3-4,7,9-10H2,1-2H3,(H,18,19,20). The maximum absolute atomic E-state index is 12.0. The van der Waals surface area contributed by atoms with Gasteiger partial charge in [-0.15, -0.1) is 11.3 Å². The number of anilines is 1. The van der Waals surface area contributed by atoms with Crippen LogP contribution >= 0.6 is 11.3 Å². The number of hydrogen-bond acceptors (Lipinski definition) is 4. The fourth-order valence-electron chi connectivity index (χ4n) is 2.58. The fourth-order valence-corrected chi connectivity index (χ4v) is 3.65. The summed E-state index contributed by atoms with van der Waals surface area (Å²) in [5.74, 6) is 0.598. The molecule has 1 aromatic carbocycles. The van der Waals surface area contributed by atoms with Gasteiger partial charge in [0.25, 0.3) is 5.91 Å². The third kappa shape index (κ3) is 3.30. The van der Waals surface area contributed by atoms with Gasteiger partial charge in [-0.3, -0.25) is 10.1 Å². The van der Waals surface area contributed by atoms with Gasteiger partial charge >= 0.3 is 0 Å². The second kappa shape index (κ2) is 6.48. The lowest BCUT2D eigenvalue weighted by Gasteiger charge is -2.10. The van der Waals surface area contributed by atoms with Crippen LogP contribution in [0.15, 0.2) is 18.2 Å². The summed E-state index contributed by atoms with van der Waals surface area (Å²) in [6.07, 6.45) is 4.53. The zero-order valence-corrected chi connectivity index (χ0v) is 13.8. The van der Waals surface area contributed by atoms with Gasteiger partial charge in [0.2, 0.25) is 0 Å². The molecule has 0 fully saturated rings. The highest BCUT2D eigenvalue weighted by Crippen LogP contribution is 2.29. The minimum atomic E-state index is -0.160. The number of aromatic nitrogens is 1. The second-order valence-corrected chi connectivity index (χ2v) is 6.71. The van der Waals surface area contributed by atoms with E-state index in [1.165, 1.54) is 17.7 Å². The van der Waals surface area contributed by atoms with Crippen molar-refractivity contribution in [2.75, 3.05) is 11.9 Å². The molecule has 1 amide bonds. The van der Waals surface area contributed by atoms with Crippen LogP contribution in [0.1, 0.15) is 34.5 Å². The van der Waals surface area contributed by atoms with Gasteiger partial charge < -0.3 is 4.74 Å². The molecule has 0 aliphatic heterocycles. The van der Waals surface area contributed by atoms with Gasteiger partial charge in [-0.25, -0.2) is 4.98 Å². The summed E-state index contributed by atoms with van der Waals surface area (Å²) < 4.78 is 5.62. The van der Waals surface area contributed by atoms with E-state index in [1.54, 1.807) is 11.3 Å². The van der Waals surface area contributed by atoms with Gasteiger partial charge in [0, 0.05) is 4.88 Å². The molecule has 0 radical (unpaired) electrons. The largest absolute Gasteiger partial charge is 0.483 e. The van der Waals surface area contributed by atoms with Crippen molar-refractivity contribution in [3.05, 3.63) is 39.9 Å². The van der Waals surface area contributed by atoms with Gasteiger partial charge in [0.15, 0.2) is 11.7 Å². The number of aryl methyl sites for hydroxylation is 3. The number of thiazole rings is 1. The number of fused-ring (bicyclic) bond motifs is 1. The second-order valence-electron chi connectivity index (χ2n) is 5.63. The summed E-state index contributed by atoms with van der Waals surface area (Å²) in [4.78, 5) is 17.9. The Bertz CT molecular complexity index is 670. The Labute approximate surface area is 134 Å². The summed E-state index contributed by atoms with van der Waals surface area (Å²) >= 11 is 1.59. The molecule has 1 aromatic heterocycles. The number of carbonyl (C=O) groups excluding carboxylic acids is 1. The molecular formula is C17H20N2O2S. The van der Waals surface area contributed by atoms with Crippen molar-refractivity contribution in [3.8, 4) is 5.75 Å². The van der Waals surface area contributed by atoms with Gasteiger partial charge in [0.1, 0.15) is 5.75 Å². The first-order chi connectivity index (χ1) is 10.6. The van der Waals surface area contributed by atoms with Crippen LogP contribution in [0.2, 0.25) is 0 Å². The van der Waals surface area contributed by atoms with Gasteiger partial charge in [0.05, 0.1) is 5.69 Å². The van der Waals surface area contributed by atoms with E-state index in [0.29, 0.717) is 5.13 Å². The van der Waals surface area contributed by atoms with E-state index >= 15 is 0 Å². The van der Waals surface area contributed by atoms with Crippen molar-refractivity contribution in [1.82, 2.24) is 4.98 Å². The lowest BCUT2D eigenvalue weighted by Crippen LogP contribution is -2.20. The van der Waals surface area contributed by atoms with Crippen LogP contribution in [-0.2, 0) is 17.6 Å². The normalized spacial score (nSPS) is 13.5. The van der Waals surface area contributed by atoms with Crippen molar-refractivity contribution in [3.63, 3.8) is 0 Å². The lowest BCUT2D eigenvalue weighted by atomic mass is 10.0. The monoisotopic (exact) mass is 316 g/mol. The average Bonchev–Trinajstić information content (AvgIpc) is 2.91. The molecule has 3 rings (SSSR count). The molecule has 116 valence electrons. The smallest absolute Gasteiger partial charge is 0.264 e. The summed E-state index contributed by atoms with van der Waals surface area (Å²) in [6, 6.07) is 5.85. The van der Waals surface area contributed by atoms with E-state index in [4.69, 9.17) is 4.74 Å². The van der Waals surface area contributed by atoms with Gasteiger partial charge in [-0.2, -0.15) is 0 Å². The minimum Gasteiger partial charge on any atom is -0.483 e. The molecular weight excluding hydrogens is 296 g/mol. The van der Waals surface area contributed by atoms with Gasteiger partial charge in [-0.05, 0) is 56.7 Å². The van der Waals surface area contributed by atoms with Crippen LogP contribution in [0.3, 0.4) is 0 Å². The van der Waals surface area contributed by atoms with Crippen LogP contribution in [0.4, 0.5) is 5.13 Å². The first-order valence-corrected chi connectivity index (χ1v) is 8.42. The molecule has 0 unspecified atom stereocenters. The molecule has 4 nitrogen and oxygen atoms in total. The molecule has 0 saturated heterocycles. The number of carbonyl (C=O) groups is 1. The van der Waals surface area contributed by atoms with E-state index < -0.39 is 0 Å². The zero-order valence-electron chi connectivity index (χ0n) is 12.9. The Balaban J connectivity index is 1.58. The number of rotatable bonds is 4. The van der Waals surface area contributed by atoms with E-state index in [2.05, 4.69) is 10.3 Å². The SMILES string of the molecule is Cc1cccc(OCC(=O)Nc2nc3c(s2)CCCC3)c1C. The first-order valence-electron chi connectivity index (χ1n) is 7.61. The highest BCUT2D eigenvalue weighted by Gasteiger charge is 2.16. The molecule has 0 atom stereocenters. The Morgan fingerprint density at radius 3 is 2.95 bits per heavy atom. The van der Waals surface area contributed by atoms with Crippen LogP contribution in [0.25, 0.3) is 0 Å². The van der Waals surface area contributed by atoms with Crippen LogP contribution < -0.4 is 10.1 Å². The topological polar surface area (TPSA) is 51.2 Å². The third-order valence-electron chi connectivity index (χ3n) is 4.01. The van der Waals surface area contributed by atoms with Crippen LogP contribution in [0.5, 0.6) is 5.75 Å².